The molecule has 0 saturated heterocycles. The number of nitrogens with one attached hydrogen (secondary N) is 1. The Kier molecular flexibility index (Phi) is 4.91. The lowest BCUT2D eigenvalue weighted by atomic mass is 10.1. The second kappa shape index (κ2) is 6.87. The van der Waals surface area contributed by atoms with Crippen molar-refractivity contribution in [2.75, 3.05) is 0 Å². The van der Waals surface area contributed by atoms with Gasteiger partial charge in [-0.05, 0) is 37.6 Å². The van der Waals surface area contributed by atoms with Gasteiger partial charge < -0.3 is 5.32 Å². The van der Waals surface area contributed by atoms with Crippen molar-refractivity contribution in [1.82, 2.24) is 5.32 Å². The van der Waals surface area contributed by atoms with Gasteiger partial charge in [0.2, 0.25) is 0 Å². The quantitative estimate of drug-likeness (QED) is 0.688. The van der Waals surface area contributed by atoms with Crippen LogP contribution in [0.25, 0.3) is 6.08 Å². The summed E-state index contributed by atoms with van der Waals surface area (Å²) in [5, 5.41) is 12.0. The predicted octanol–water partition coefficient (Wildman–Crippen LogP) is 3.84. The Morgan fingerprint density at radius 3 is 2.57 bits per heavy atom. The van der Waals surface area contributed by atoms with Gasteiger partial charge in [-0.25, -0.2) is 0 Å². The second-order valence-electron chi connectivity index (χ2n) is 4.72. The predicted molar refractivity (Wildman–Crippen MR) is 85.6 cm³/mol. The van der Waals surface area contributed by atoms with Crippen molar-refractivity contribution in [3.8, 4) is 6.07 Å². The maximum atomic E-state index is 12.2. The summed E-state index contributed by atoms with van der Waals surface area (Å²) in [5.41, 5.74) is 1.13. The van der Waals surface area contributed by atoms with Crippen LogP contribution in [-0.4, -0.2) is 5.91 Å². The van der Waals surface area contributed by atoms with Gasteiger partial charge in [-0.2, -0.15) is 5.26 Å². The van der Waals surface area contributed by atoms with Gasteiger partial charge in [0, 0.05) is 9.75 Å². The molecule has 2 rings (SSSR count). The Bertz CT molecular complexity index is 695. The molecule has 0 aliphatic carbocycles. The minimum Gasteiger partial charge on any atom is -0.345 e. The SMILES string of the molecule is Cc1ccc(/C=C(/C#N)C(=O)N[C@H](C)c2ccccc2)s1. The summed E-state index contributed by atoms with van der Waals surface area (Å²) >= 11 is 1.56. The van der Waals surface area contributed by atoms with Crippen molar-refractivity contribution >= 4 is 23.3 Å². The van der Waals surface area contributed by atoms with Gasteiger partial charge in [-0.15, -0.1) is 11.3 Å². The van der Waals surface area contributed by atoms with Crippen molar-refractivity contribution in [3.05, 3.63) is 63.4 Å². The molecule has 0 aliphatic rings. The summed E-state index contributed by atoms with van der Waals surface area (Å²) in [6, 6.07) is 15.4. The van der Waals surface area contributed by atoms with Crippen LogP contribution < -0.4 is 5.32 Å². The molecule has 0 bridgehead atoms. The summed E-state index contributed by atoms with van der Waals surface area (Å²) in [5.74, 6) is -0.347. The largest absolute Gasteiger partial charge is 0.345 e. The van der Waals surface area contributed by atoms with Crippen molar-refractivity contribution in [3.63, 3.8) is 0 Å². The van der Waals surface area contributed by atoms with E-state index in [-0.39, 0.29) is 17.5 Å². The Morgan fingerprint density at radius 2 is 2.00 bits per heavy atom. The number of carbonyl (C=O) groups is 1. The van der Waals surface area contributed by atoms with Gasteiger partial charge >= 0.3 is 0 Å². The molecule has 1 aromatic carbocycles. The summed E-state index contributed by atoms with van der Waals surface area (Å²) in [7, 11) is 0. The average Bonchev–Trinajstić information content (AvgIpc) is 2.90. The molecule has 1 heterocycles. The standard InChI is InChI=1S/C17H16N2OS/c1-12-8-9-16(21-12)10-15(11-18)17(20)19-13(2)14-6-4-3-5-7-14/h3-10,13H,1-2H3,(H,19,20)/b15-10-/t13-/m1/s1. The fourth-order valence-corrected chi connectivity index (χ4v) is 2.74. The van der Waals surface area contributed by atoms with E-state index in [1.165, 1.54) is 0 Å². The molecule has 1 aromatic heterocycles. The van der Waals surface area contributed by atoms with Gasteiger partial charge in [0.1, 0.15) is 11.6 Å². The van der Waals surface area contributed by atoms with Gasteiger partial charge in [0.05, 0.1) is 6.04 Å². The summed E-state index contributed by atoms with van der Waals surface area (Å²) in [6.07, 6.45) is 1.63. The van der Waals surface area contributed by atoms with Crippen molar-refractivity contribution in [2.24, 2.45) is 0 Å². The normalized spacial score (nSPS) is 12.5. The molecular weight excluding hydrogens is 280 g/mol. The smallest absolute Gasteiger partial charge is 0.262 e. The van der Waals surface area contributed by atoms with E-state index in [2.05, 4.69) is 5.32 Å². The first-order valence-electron chi connectivity index (χ1n) is 6.64. The Labute approximate surface area is 128 Å². The minimum atomic E-state index is -0.347. The monoisotopic (exact) mass is 296 g/mol. The maximum absolute atomic E-state index is 12.2. The zero-order valence-electron chi connectivity index (χ0n) is 12.0. The molecule has 2 aromatic rings. The first-order chi connectivity index (χ1) is 10.1. The van der Waals surface area contributed by atoms with E-state index in [0.29, 0.717) is 0 Å². The van der Waals surface area contributed by atoms with Crippen molar-refractivity contribution < 1.29 is 4.79 Å². The van der Waals surface area contributed by atoms with E-state index in [1.54, 1.807) is 17.4 Å². The molecule has 21 heavy (non-hydrogen) atoms. The fraction of sp³-hybridized carbons (Fsp3) is 0.176. The summed E-state index contributed by atoms with van der Waals surface area (Å²) < 4.78 is 0. The van der Waals surface area contributed by atoms with Crippen molar-refractivity contribution in [1.29, 1.82) is 5.26 Å². The minimum absolute atomic E-state index is 0.125. The number of carbonyl (C=O) groups excluding carboxylic acids is 1. The average molecular weight is 296 g/mol. The molecule has 0 saturated carbocycles. The molecule has 1 atom stereocenters. The van der Waals surface area contributed by atoms with E-state index in [1.807, 2.05) is 62.4 Å². The number of benzene rings is 1. The number of nitrogens with zero attached hydrogens (tertiary/aromatic N) is 1. The Balaban J connectivity index is 2.11. The highest BCUT2D eigenvalue weighted by Crippen LogP contribution is 2.19. The van der Waals surface area contributed by atoms with Crippen LogP contribution in [0.1, 0.15) is 28.3 Å². The van der Waals surface area contributed by atoms with Crippen LogP contribution in [0.4, 0.5) is 0 Å². The first kappa shape index (κ1) is 15.0. The topological polar surface area (TPSA) is 52.9 Å². The number of hydrogen-bond acceptors (Lipinski definition) is 3. The number of aryl methyl sites for hydroxylation is 1. The third-order valence-corrected chi connectivity index (χ3v) is 4.01. The molecule has 0 fully saturated rings. The van der Waals surface area contributed by atoms with Gasteiger partial charge in [0.25, 0.3) is 5.91 Å². The first-order valence-corrected chi connectivity index (χ1v) is 7.46. The van der Waals surface area contributed by atoms with Gasteiger partial charge in [-0.1, -0.05) is 30.3 Å². The molecule has 0 radical (unpaired) electrons. The molecule has 0 unspecified atom stereocenters. The van der Waals surface area contributed by atoms with Crippen LogP contribution in [0.3, 0.4) is 0 Å². The van der Waals surface area contributed by atoms with Crippen molar-refractivity contribution in [2.45, 2.75) is 19.9 Å². The van der Waals surface area contributed by atoms with E-state index < -0.39 is 0 Å². The zero-order chi connectivity index (χ0) is 15.2. The van der Waals surface area contributed by atoms with Gasteiger partial charge in [0.15, 0.2) is 0 Å². The summed E-state index contributed by atoms with van der Waals surface area (Å²) in [6.45, 7) is 3.89. The fourth-order valence-electron chi connectivity index (χ4n) is 1.92. The lowest BCUT2D eigenvalue weighted by Crippen LogP contribution is -2.27. The Hall–Kier alpha value is -2.38. The van der Waals surface area contributed by atoms with Crippen LogP contribution in [-0.2, 0) is 4.79 Å². The molecule has 106 valence electrons. The highest BCUT2D eigenvalue weighted by Gasteiger charge is 2.13. The number of rotatable bonds is 4. The maximum Gasteiger partial charge on any atom is 0.262 e. The Morgan fingerprint density at radius 1 is 1.29 bits per heavy atom. The molecular formula is C17H16N2OS. The third-order valence-electron chi connectivity index (χ3n) is 3.06. The molecule has 1 amide bonds. The van der Waals surface area contributed by atoms with Crippen LogP contribution in [0.5, 0.6) is 0 Å². The highest BCUT2D eigenvalue weighted by atomic mass is 32.1. The van der Waals surface area contributed by atoms with E-state index in [4.69, 9.17) is 0 Å². The number of nitriles is 1. The van der Waals surface area contributed by atoms with E-state index in [0.717, 1.165) is 15.3 Å². The number of amides is 1. The highest BCUT2D eigenvalue weighted by molar-refractivity contribution is 7.12. The van der Waals surface area contributed by atoms with Crippen LogP contribution in [0, 0.1) is 18.3 Å². The lowest BCUT2D eigenvalue weighted by Gasteiger charge is -2.13. The van der Waals surface area contributed by atoms with Crippen LogP contribution in [0.15, 0.2) is 48.0 Å². The van der Waals surface area contributed by atoms with Crippen LogP contribution in [0.2, 0.25) is 0 Å². The molecule has 4 heteroatoms. The lowest BCUT2D eigenvalue weighted by molar-refractivity contribution is -0.117. The second-order valence-corrected chi connectivity index (χ2v) is 6.04. The zero-order valence-corrected chi connectivity index (χ0v) is 12.8. The number of thiophene rings is 1. The van der Waals surface area contributed by atoms with E-state index in [9.17, 15) is 10.1 Å². The van der Waals surface area contributed by atoms with Crippen LogP contribution >= 0.6 is 11.3 Å². The molecule has 3 nitrogen and oxygen atoms in total. The van der Waals surface area contributed by atoms with E-state index >= 15 is 0 Å². The molecule has 1 N–H and O–H groups in total. The number of hydrogen-bond donors (Lipinski definition) is 1. The summed E-state index contributed by atoms with van der Waals surface area (Å²) in [4.78, 5) is 14.2. The third kappa shape index (κ3) is 4.04. The molecule has 0 spiro atoms. The van der Waals surface area contributed by atoms with Gasteiger partial charge in [-0.3, -0.25) is 4.79 Å². The molecule has 0 aliphatic heterocycles.